The van der Waals surface area contributed by atoms with E-state index in [1.165, 1.54) is 4.90 Å². The third-order valence-electron chi connectivity index (χ3n) is 5.95. The Bertz CT molecular complexity index is 851. The van der Waals surface area contributed by atoms with Gasteiger partial charge in [-0.3, -0.25) is 4.79 Å². The smallest absolute Gasteiger partial charge is 0.241 e. The van der Waals surface area contributed by atoms with Crippen molar-refractivity contribution in [2.45, 2.75) is 56.4 Å². The number of nitrogens with zero attached hydrogens (tertiary/aromatic N) is 3. The summed E-state index contributed by atoms with van der Waals surface area (Å²) in [4.78, 5) is 20.3. The van der Waals surface area contributed by atoms with E-state index < -0.39 is 15.3 Å². The van der Waals surface area contributed by atoms with Crippen molar-refractivity contribution in [2.75, 3.05) is 33.7 Å². The summed E-state index contributed by atoms with van der Waals surface area (Å²) in [5, 5.41) is 2.68. The summed E-state index contributed by atoms with van der Waals surface area (Å²) < 4.78 is 28.9. The van der Waals surface area contributed by atoms with Crippen LogP contribution in [0.4, 0.5) is 0 Å². The number of hydrogen-bond donors (Lipinski definition) is 2. The molecule has 9 heteroatoms. The lowest BCUT2D eigenvalue weighted by molar-refractivity contribution is -0.127. The van der Waals surface area contributed by atoms with Crippen LogP contribution in [-0.2, 0) is 21.4 Å². The van der Waals surface area contributed by atoms with Crippen LogP contribution in [0, 0.1) is 0 Å². The van der Waals surface area contributed by atoms with Crippen LogP contribution in [0.1, 0.15) is 44.1 Å². The number of benzene rings is 1. The summed E-state index contributed by atoms with van der Waals surface area (Å²) in [6, 6.07) is 9.96. The van der Waals surface area contributed by atoms with Gasteiger partial charge in [0.05, 0.1) is 18.3 Å². The zero-order valence-corrected chi connectivity index (χ0v) is 19.4. The molecule has 1 aliphatic carbocycles. The number of carbonyl (C=O) groups excluding carboxylic acids is 1. The van der Waals surface area contributed by atoms with Gasteiger partial charge in [0.15, 0.2) is 5.96 Å². The Morgan fingerprint density at radius 1 is 1.13 bits per heavy atom. The highest BCUT2D eigenvalue weighted by atomic mass is 32.2. The number of rotatable bonds is 7. The second-order valence-electron chi connectivity index (χ2n) is 8.62. The monoisotopic (exact) mass is 449 g/mol. The molecule has 8 nitrogen and oxygen atoms in total. The minimum absolute atomic E-state index is 0.0588. The van der Waals surface area contributed by atoms with Crippen molar-refractivity contribution in [2.24, 2.45) is 4.99 Å². The van der Waals surface area contributed by atoms with Crippen LogP contribution in [0.25, 0.3) is 0 Å². The van der Waals surface area contributed by atoms with Crippen molar-refractivity contribution in [1.29, 1.82) is 0 Å². The summed E-state index contributed by atoms with van der Waals surface area (Å²) in [5.74, 6) is 0.524. The van der Waals surface area contributed by atoms with E-state index in [4.69, 9.17) is 4.99 Å². The molecule has 1 unspecified atom stereocenters. The first-order valence-electron chi connectivity index (χ1n) is 11.1. The Hall–Kier alpha value is -2.13. The number of likely N-dealkylation sites (N-methyl/N-ethyl adjacent to an activating group) is 1. The van der Waals surface area contributed by atoms with Crippen molar-refractivity contribution >= 4 is 21.9 Å². The molecule has 172 valence electrons. The van der Waals surface area contributed by atoms with Crippen molar-refractivity contribution in [3.05, 3.63) is 35.9 Å². The number of guanidine groups is 1. The van der Waals surface area contributed by atoms with E-state index in [9.17, 15) is 13.2 Å². The maximum atomic E-state index is 13.0. The number of nitrogens with one attached hydrogen (secondary N) is 2. The lowest BCUT2D eigenvalue weighted by atomic mass is 10.1. The van der Waals surface area contributed by atoms with E-state index in [0.717, 1.165) is 37.7 Å². The molecular formula is C22H35N5O3S. The summed E-state index contributed by atoms with van der Waals surface area (Å²) in [7, 11) is 0.0280. The lowest BCUT2D eigenvalue weighted by Gasteiger charge is -2.35. The van der Waals surface area contributed by atoms with Gasteiger partial charge in [-0.25, -0.2) is 18.1 Å². The topological polar surface area (TPSA) is 94.1 Å². The van der Waals surface area contributed by atoms with Gasteiger partial charge in [0.2, 0.25) is 15.9 Å². The van der Waals surface area contributed by atoms with Crippen LogP contribution in [-0.4, -0.2) is 75.1 Å². The van der Waals surface area contributed by atoms with Gasteiger partial charge >= 0.3 is 0 Å². The van der Waals surface area contributed by atoms with Crippen LogP contribution >= 0.6 is 0 Å². The van der Waals surface area contributed by atoms with E-state index in [-0.39, 0.29) is 18.5 Å². The van der Waals surface area contributed by atoms with Gasteiger partial charge in [0, 0.05) is 33.2 Å². The molecule has 1 heterocycles. The zero-order valence-electron chi connectivity index (χ0n) is 18.6. The average molecular weight is 450 g/mol. The maximum absolute atomic E-state index is 13.0. The highest BCUT2D eigenvalue weighted by Crippen LogP contribution is 2.22. The summed E-state index contributed by atoms with van der Waals surface area (Å²) in [6.45, 7) is 1.67. The fourth-order valence-electron chi connectivity index (χ4n) is 4.09. The molecule has 1 aromatic carbocycles. The van der Waals surface area contributed by atoms with Gasteiger partial charge < -0.3 is 15.1 Å². The second-order valence-corrected chi connectivity index (χ2v) is 10.6. The maximum Gasteiger partial charge on any atom is 0.241 e. The van der Waals surface area contributed by atoms with Gasteiger partial charge in [-0.05, 0) is 31.2 Å². The predicted octanol–water partition coefficient (Wildman–Crippen LogP) is 1.55. The highest BCUT2D eigenvalue weighted by Gasteiger charge is 2.34. The molecule has 2 N–H and O–H groups in total. The number of piperidine rings is 1. The van der Waals surface area contributed by atoms with E-state index in [1.807, 2.05) is 35.2 Å². The molecule has 2 aliphatic rings. The zero-order chi connectivity index (χ0) is 22.3. The number of likely N-dealkylation sites (tertiary alicyclic amines) is 1. The molecule has 0 radical (unpaired) electrons. The van der Waals surface area contributed by atoms with Crippen molar-refractivity contribution in [3.8, 4) is 0 Å². The first kappa shape index (κ1) is 23.5. The van der Waals surface area contributed by atoms with E-state index in [2.05, 4.69) is 10.0 Å². The second kappa shape index (κ2) is 10.9. The van der Waals surface area contributed by atoms with Gasteiger partial charge in [0.25, 0.3) is 0 Å². The Morgan fingerprint density at radius 3 is 2.52 bits per heavy atom. The Kier molecular flexibility index (Phi) is 8.31. The van der Waals surface area contributed by atoms with E-state index in [1.54, 1.807) is 14.1 Å². The van der Waals surface area contributed by atoms with Gasteiger partial charge in [-0.2, -0.15) is 0 Å². The standard InChI is InChI=1S/C22H35N5O3S/c1-26(2)21(28)16-24-22(23-15-18-9-4-3-5-10-18)27-14-8-13-20(17-27)31(29,30)25-19-11-6-7-12-19/h3-5,9-10,19-20,25H,6-8,11-17H2,1-2H3,(H,23,24). The summed E-state index contributed by atoms with van der Waals surface area (Å²) in [5.41, 5.74) is 1.06. The summed E-state index contributed by atoms with van der Waals surface area (Å²) in [6.07, 6.45) is 5.43. The number of amides is 1. The first-order valence-corrected chi connectivity index (χ1v) is 12.7. The predicted molar refractivity (Wildman–Crippen MR) is 123 cm³/mol. The Labute approximate surface area is 186 Å². The van der Waals surface area contributed by atoms with Gasteiger partial charge in [0.1, 0.15) is 0 Å². The molecular weight excluding hydrogens is 414 g/mol. The molecule has 3 rings (SSSR count). The van der Waals surface area contributed by atoms with E-state index in [0.29, 0.717) is 32.0 Å². The molecule has 0 spiro atoms. The molecule has 0 bridgehead atoms. The third kappa shape index (κ3) is 6.93. The molecule has 1 saturated heterocycles. The van der Waals surface area contributed by atoms with Crippen LogP contribution < -0.4 is 10.0 Å². The quantitative estimate of drug-likeness (QED) is 0.487. The normalized spacial score (nSPS) is 20.6. The van der Waals surface area contributed by atoms with Crippen LogP contribution in [0.2, 0.25) is 0 Å². The number of carbonyl (C=O) groups is 1. The molecule has 1 aliphatic heterocycles. The van der Waals surface area contributed by atoms with E-state index >= 15 is 0 Å². The number of hydrogen-bond acceptors (Lipinski definition) is 4. The molecule has 1 saturated carbocycles. The van der Waals surface area contributed by atoms with Crippen molar-refractivity contribution in [1.82, 2.24) is 19.8 Å². The minimum Gasteiger partial charge on any atom is -0.347 e. The molecule has 1 atom stereocenters. The largest absolute Gasteiger partial charge is 0.347 e. The highest BCUT2D eigenvalue weighted by molar-refractivity contribution is 7.90. The fourth-order valence-corrected chi connectivity index (χ4v) is 5.83. The Balaban J connectivity index is 1.71. The molecule has 1 aromatic rings. The van der Waals surface area contributed by atoms with Crippen molar-refractivity contribution < 1.29 is 13.2 Å². The van der Waals surface area contributed by atoms with Gasteiger partial charge in [-0.1, -0.05) is 43.2 Å². The average Bonchev–Trinajstić information content (AvgIpc) is 3.26. The lowest BCUT2D eigenvalue weighted by Crippen LogP contribution is -2.53. The van der Waals surface area contributed by atoms with Gasteiger partial charge in [-0.15, -0.1) is 0 Å². The third-order valence-corrected chi connectivity index (χ3v) is 7.88. The first-order chi connectivity index (χ1) is 14.8. The van der Waals surface area contributed by atoms with Crippen molar-refractivity contribution in [3.63, 3.8) is 0 Å². The van der Waals surface area contributed by atoms with Crippen LogP contribution in [0.3, 0.4) is 0 Å². The Morgan fingerprint density at radius 2 is 1.84 bits per heavy atom. The summed E-state index contributed by atoms with van der Waals surface area (Å²) >= 11 is 0. The van der Waals surface area contributed by atoms with Crippen LogP contribution in [0.15, 0.2) is 35.3 Å². The number of aliphatic imine (C=N–C) groups is 1. The molecule has 31 heavy (non-hydrogen) atoms. The molecule has 1 amide bonds. The SMILES string of the molecule is CN(C)C(=O)CNC(=NCc1ccccc1)N1CCCC(S(=O)(=O)NC2CCCC2)C1. The number of sulfonamides is 1. The molecule has 0 aromatic heterocycles. The van der Waals surface area contributed by atoms with Crippen LogP contribution in [0.5, 0.6) is 0 Å². The minimum atomic E-state index is -3.39. The fraction of sp³-hybridized carbons (Fsp3) is 0.636. The molecule has 2 fully saturated rings.